The Kier molecular flexibility index (Phi) is 6.40. The van der Waals surface area contributed by atoms with Gasteiger partial charge >= 0.3 is 7.60 Å². The van der Waals surface area contributed by atoms with Crippen molar-refractivity contribution in [3.8, 4) is 5.75 Å². The first-order valence-electron chi connectivity index (χ1n) is 9.08. The first kappa shape index (κ1) is 20.8. The number of hydrogen-bond acceptors (Lipinski definition) is 6. The molecule has 1 saturated heterocycles. The first-order chi connectivity index (χ1) is 13.5. The SMILES string of the molecule is CCOP(=O)(OCC)[C@@]1(c2ccccc2)NC(=S)O[C@@H]1c1ccccc1OC. The number of benzene rings is 2. The molecule has 0 aromatic heterocycles. The van der Waals surface area contributed by atoms with Gasteiger partial charge in [0.15, 0.2) is 6.10 Å². The Morgan fingerprint density at radius 2 is 1.68 bits per heavy atom. The number of nitrogens with one attached hydrogen (secondary N) is 1. The summed E-state index contributed by atoms with van der Waals surface area (Å²) in [4.78, 5) is 0. The summed E-state index contributed by atoms with van der Waals surface area (Å²) in [5.41, 5.74) is 1.39. The highest BCUT2D eigenvalue weighted by Gasteiger charge is 2.64. The molecule has 1 aliphatic rings. The van der Waals surface area contributed by atoms with Gasteiger partial charge in [0.05, 0.1) is 20.3 Å². The number of ether oxygens (including phenoxy) is 2. The highest BCUT2D eigenvalue weighted by atomic mass is 32.1. The lowest BCUT2D eigenvalue weighted by Crippen LogP contribution is -2.43. The lowest BCUT2D eigenvalue weighted by Gasteiger charge is -2.38. The summed E-state index contributed by atoms with van der Waals surface area (Å²) < 4.78 is 37.3. The molecule has 2 aromatic carbocycles. The second kappa shape index (κ2) is 8.62. The zero-order valence-electron chi connectivity index (χ0n) is 16.1. The van der Waals surface area contributed by atoms with Crippen molar-refractivity contribution < 1.29 is 23.1 Å². The average Bonchev–Trinajstić information content (AvgIpc) is 3.07. The minimum atomic E-state index is -3.79. The second-order valence-electron chi connectivity index (χ2n) is 6.12. The molecule has 0 saturated carbocycles. The third-order valence-corrected chi connectivity index (χ3v) is 7.43. The maximum absolute atomic E-state index is 14.2. The van der Waals surface area contributed by atoms with Crippen molar-refractivity contribution in [2.45, 2.75) is 25.2 Å². The first-order valence-corrected chi connectivity index (χ1v) is 11.0. The molecule has 8 heteroatoms. The van der Waals surface area contributed by atoms with Crippen LogP contribution in [0.4, 0.5) is 0 Å². The Morgan fingerprint density at radius 1 is 1.07 bits per heavy atom. The standard InChI is InChI=1S/C20H24NO5PS/c1-4-24-27(22,25-5-2)20(15-11-7-6-8-12-15)18(26-19(28)21-20)16-13-9-10-14-17(16)23-3/h6-14,18H,4-5H2,1-3H3,(H,21,28)/t18-,20-/m1/s1. The largest absolute Gasteiger partial charge is 0.496 e. The Bertz CT molecular complexity index is 868. The van der Waals surface area contributed by atoms with Crippen LogP contribution in [-0.4, -0.2) is 25.5 Å². The molecule has 0 spiro atoms. The van der Waals surface area contributed by atoms with E-state index in [0.717, 1.165) is 0 Å². The average molecular weight is 421 g/mol. The fourth-order valence-corrected chi connectivity index (χ4v) is 6.16. The van der Waals surface area contributed by atoms with Crippen LogP contribution in [0.5, 0.6) is 5.75 Å². The Morgan fingerprint density at radius 3 is 2.29 bits per heavy atom. The van der Waals surface area contributed by atoms with Gasteiger partial charge < -0.3 is 23.8 Å². The van der Waals surface area contributed by atoms with Gasteiger partial charge in [-0.15, -0.1) is 0 Å². The highest BCUT2D eigenvalue weighted by molar-refractivity contribution is 7.80. The van der Waals surface area contributed by atoms with E-state index in [1.54, 1.807) is 21.0 Å². The van der Waals surface area contributed by atoms with Crippen molar-refractivity contribution in [2.75, 3.05) is 20.3 Å². The van der Waals surface area contributed by atoms with Crippen molar-refractivity contribution in [1.82, 2.24) is 5.32 Å². The molecule has 0 aliphatic carbocycles. The second-order valence-corrected chi connectivity index (χ2v) is 8.71. The summed E-state index contributed by atoms with van der Waals surface area (Å²) in [5, 5.41) is 1.90. The molecule has 0 radical (unpaired) electrons. The van der Waals surface area contributed by atoms with Crippen molar-refractivity contribution in [1.29, 1.82) is 0 Å². The van der Waals surface area contributed by atoms with Gasteiger partial charge in [-0.3, -0.25) is 4.57 Å². The van der Waals surface area contributed by atoms with E-state index in [1.807, 2.05) is 54.6 Å². The summed E-state index contributed by atoms with van der Waals surface area (Å²) in [7, 11) is -2.21. The van der Waals surface area contributed by atoms with Gasteiger partial charge in [0.2, 0.25) is 5.28 Å². The highest BCUT2D eigenvalue weighted by Crippen LogP contribution is 2.70. The minimum absolute atomic E-state index is 0.124. The molecule has 150 valence electrons. The summed E-state index contributed by atoms with van der Waals surface area (Å²) in [6.45, 7) is 3.96. The lowest BCUT2D eigenvalue weighted by molar-refractivity contribution is 0.134. The molecule has 0 unspecified atom stereocenters. The summed E-state index contributed by atoms with van der Waals surface area (Å²) in [6, 6.07) is 16.7. The smallest absolute Gasteiger partial charge is 0.364 e. The number of methoxy groups -OCH3 is 1. The van der Waals surface area contributed by atoms with Crippen LogP contribution in [0, 0.1) is 0 Å². The zero-order valence-corrected chi connectivity index (χ0v) is 17.8. The molecule has 0 bridgehead atoms. The van der Waals surface area contributed by atoms with E-state index < -0.39 is 19.0 Å². The van der Waals surface area contributed by atoms with Crippen molar-refractivity contribution in [2.24, 2.45) is 0 Å². The van der Waals surface area contributed by atoms with Crippen LogP contribution < -0.4 is 10.1 Å². The summed E-state index contributed by atoms with van der Waals surface area (Å²) in [6.07, 6.45) is -0.775. The van der Waals surface area contributed by atoms with Crippen LogP contribution in [0.2, 0.25) is 0 Å². The zero-order chi connectivity index (χ0) is 20.2. The van der Waals surface area contributed by atoms with Gasteiger partial charge in [-0.05, 0) is 37.7 Å². The van der Waals surface area contributed by atoms with E-state index >= 15 is 0 Å². The van der Waals surface area contributed by atoms with E-state index in [-0.39, 0.29) is 18.4 Å². The topological polar surface area (TPSA) is 66.0 Å². The third kappa shape index (κ3) is 3.44. The normalized spacial score (nSPS) is 21.8. The van der Waals surface area contributed by atoms with E-state index in [1.165, 1.54) is 0 Å². The van der Waals surface area contributed by atoms with Crippen molar-refractivity contribution in [3.05, 3.63) is 65.7 Å². The molecule has 28 heavy (non-hydrogen) atoms. The molecular formula is C20H24NO5PS. The van der Waals surface area contributed by atoms with E-state index in [4.69, 9.17) is 30.7 Å². The number of hydrogen-bond donors (Lipinski definition) is 1. The van der Waals surface area contributed by atoms with Crippen LogP contribution in [0.1, 0.15) is 31.1 Å². The number of rotatable bonds is 8. The monoisotopic (exact) mass is 421 g/mol. The quantitative estimate of drug-likeness (QED) is 0.487. The molecule has 1 heterocycles. The van der Waals surface area contributed by atoms with Crippen molar-refractivity contribution in [3.63, 3.8) is 0 Å². The maximum atomic E-state index is 14.2. The molecule has 3 rings (SSSR count). The number of thiocarbonyl (C=S) groups is 1. The van der Waals surface area contributed by atoms with Crippen LogP contribution in [-0.2, 0) is 23.6 Å². The third-order valence-electron chi connectivity index (χ3n) is 4.56. The van der Waals surface area contributed by atoms with Gasteiger partial charge in [-0.2, -0.15) is 0 Å². The van der Waals surface area contributed by atoms with Gasteiger partial charge in [-0.25, -0.2) is 0 Å². The predicted octanol–water partition coefficient (Wildman–Crippen LogP) is 4.76. The van der Waals surface area contributed by atoms with Crippen LogP contribution in [0.25, 0.3) is 0 Å². The molecule has 2 aromatic rings. The Balaban J connectivity index is 2.30. The molecule has 1 aliphatic heterocycles. The summed E-state index contributed by atoms with van der Waals surface area (Å²) >= 11 is 5.36. The Hall–Kier alpha value is -1.92. The molecule has 1 N–H and O–H groups in total. The fourth-order valence-electron chi connectivity index (χ4n) is 3.48. The summed E-state index contributed by atoms with van der Waals surface area (Å²) in [5.74, 6) is 0.596. The fraction of sp³-hybridized carbons (Fsp3) is 0.350. The molecule has 0 amide bonds. The Labute approximate surface area is 170 Å². The van der Waals surface area contributed by atoms with Crippen LogP contribution in [0.15, 0.2) is 54.6 Å². The molecule has 6 nitrogen and oxygen atoms in total. The van der Waals surface area contributed by atoms with Crippen LogP contribution >= 0.6 is 19.8 Å². The predicted molar refractivity (Wildman–Crippen MR) is 112 cm³/mol. The maximum Gasteiger partial charge on any atom is 0.364 e. The van der Waals surface area contributed by atoms with Gasteiger partial charge in [0.25, 0.3) is 5.17 Å². The van der Waals surface area contributed by atoms with E-state index in [9.17, 15) is 4.57 Å². The van der Waals surface area contributed by atoms with Crippen LogP contribution in [0.3, 0.4) is 0 Å². The van der Waals surface area contributed by atoms with Gasteiger partial charge in [0, 0.05) is 5.56 Å². The van der Waals surface area contributed by atoms with E-state index in [2.05, 4.69) is 5.32 Å². The minimum Gasteiger partial charge on any atom is -0.496 e. The molecule has 1 fully saturated rings. The number of para-hydroxylation sites is 1. The molecular weight excluding hydrogens is 397 g/mol. The van der Waals surface area contributed by atoms with E-state index in [0.29, 0.717) is 16.9 Å². The van der Waals surface area contributed by atoms with Crippen molar-refractivity contribution >= 4 is 25.0 Å². The lowest BCUT2D eigenvalue weighted by atomic mass is 9.95. The molecule has 2 atom stereocenters. The van der Waals surface area contributed by atoms with Gasteiger partial charge in [0.1, 0.15) is 5.75 Å². The van der Waals surface area contributed by atoms with Gasteiger partial charge in [-0.1, -0.05) is 48.5 Å².